The van der Waals surface area contributed by atoms with Gasteiger partial charge in [-0.1, -0.05) is 18.9 Å². The molecule has 1 amide bonds. The number of ketones is 1. The van der Waals surface area contributed by atoms with E-state index in [1.165, 1.54) is 6.92 Å². The van der Waals surface area contributed by atoms with Crippen molar-refractivity contribution in [3.63, 3.8) is 0 Å². The van der Waals surface area contributed by atoms with Crippen molar-refractivity contribution in [1.82, 2.24) is 24.4 Å². The van der Waals surface area contributed by atoms with Crippen LogP contribution in [0.5, 0.6) is 0 Å². The third-order valence-corrected chi connectivity index (χ3v) is 7.89. The standard InChI is InChI=1S/C30H38N6O4/c1-18-23-17-32-28(34-26(23)36(22-8-6-7-9-22)27(38)25(18)19(2)37)33-24-11-10-21(16-31-24)20-12-14-35(15-13-20)29(39)40-30(3,4)5/h10-11,16-17,20,22H,6-9,12-15H2,1-5H3,(H,31,32,33,34). The van der Waals surface area contributed by atoms with E-state index >= 15 is 0 Å². The van der Waals surface area contributed by atoms with Crippen molar-refractivity contribution in [3.8, 4) is 0 Å². The van der Waals surface area contributed by atoms with Crippen LogP contribution < -0.4 is 10.9 Å². The zero-order valence-electron chi connectivity index (χ0n) is 24.0. The van der Waals surface area contributed by atoms with Gasteiger partial charge in [-0.25, -0.2) is 14.8 Å². The highest BCUT2D eigenvalue weighted by Gasteiger charge is 2.28. The van der Waals surface area contributed by atoms with Crippen LogP contribution in [0.3, 0.4) is 0 Å². The van der Waals surface area contributed by atoms with E-state index in [0.717, 1.165) is 44.1 Å². The molecule has 2 aliphatic rings. The summed E-state index contributed by atoms with van der Waals surface area (Å²) in [5.74, 6) is 1.02. The number of anilines is 2. The maximum atomic E-state index is 13.4. The molecule has 0 atom stereocenters. The van der Waals surface area contributed by atoms with Crippen molar-refractivity contribution < 1.29 is 14.3 Å². The lowest BCUT2D eigenvalue weighted by Gasteiger charge is -2.33. The van der Waals surface area contributed by atoms with Crippen LogP contribution in [-0.2, 0) is 4.74 Å². The molecule has 0 radical (unpaired) electrons. The molecular formula is C30H38N6O4. The van der Waals surface area contributed by atoms with Gasteiger partial charge in [-0.2, -0.15) is 4.98 Å². The number of hydrogen-bond donors (Lipinski definition) is 1. The Labute approximate surface area is 234 Å². The molecule has 1 N–H and O–H groups in total. The van der Waals surface area contributed by atoms with Gasteiger partial charge in [0.1, 0.15) is 17.1 Å². The van der Waals surface area contributed by atoms with E-state index in [9.17, 15) is 14.4 Å². The van der Waals surface area contributed by atoms with Crippen molar-refractivity contribution in [2.45, 2.75) is 90.7 Å². The number of piperidine rings is 1. The smallest absolute Gasteiger partial charge is 0.410 e. The van der Waals surface area contributed by atoms with Crippen LogP contribution in [0.15, 0.2) is 29.3 Å². The van der Waals surface area contributed by atoms with Crippen LogP contribution in [0.2, 0.25) is 0 Å². The van der Waals surface area contributed by atoms with Gasteiger partial charge in [-0.05, 0) is 83.4 Å². The van der Waals surface area contributed by atoms with Gasteiger partial charge >= 0.3 is 6.09 Å². The van der Waals surface area contributed by atoms with Crippen molar-refractivity contribution in [3.05, 3.63) is 51.6 Å². The summed E-state index contributed by atoms with van der Waals surface area (Å²) in [7, 11) is 0. The highest BCUT2D eigenvalue weighted by molar-refractivity contribution is 5.99. The lowest BCUT2D eigenvalue weighted by Crippen LogP contribution is -2.41. The van der Waals surface area contributed by atoms with Crippen LogP contribution in [0.4, 0.5) is 16.6 Å². The Hall–Kier alpha value is -3.82. The topological polar surface area (TPSA) is 119 Å². The fraction of sp³-hybridized carbons (Fsp3) is 0.533. The minimum absolute atomic E-state index is 0.0237. The van der Waals surface area contributed by atoms with E-state index in [-0.39, 0.29) is 29.0 Å². The van der Waals surface area contributed by atoms with Crippen molar-refractivity contribution >= 4 is 34.7 Å². The number of nitrogens with zero attached hydrogens (tertiary/aromatic N) is 5. The Morgan fingerprint density at radius 1 is 1.02 bits per heavy atom. The van der Waals surface area contributed by atoms with Crippen LogP contribution in [0.1, 0.15) is 99.7 Å². The number of aromatic nitrogens is 4. The second-order valence-corrected chi connectivity index (χ2v) is 11.9. The van der Waals surface area contributed by atoms with Crippen LogP contribution >= 0.6 is 0 Å². The fourth-order valence-corrected chi connectivity index (χ4v) is 5.87. The number of fused-ring (bicyclic) bond motifs is 1. The normalized spacial score (nSPS) is 16.9. The molecule has 0 aromatic carbocycles. The van der Waals surface area contributed by atoms with E-state index in [0.29, 0.717) is 47.4 Å². The molecule has 1 saturated heterocycles. The largest absolute Gasteiger partial charge is 0.444 e. The lowest BCUT2D eigenvalue weighted by molar-refractivity contribution is 0.0204. The van der Waals surface area contributed by atoms with Gasteiger partial charge in [0.05, 0.1) is 5.56 Å². The van der Waals surface area contributed by atoms with E-state index in [1.807, 2.05) is 39.1 Å². The molecule has 40 heavy (non-hydrogen) atoms. The van der Waals surface area contributed by atoms with Gasteiger partial charge in [0.15, 0.2) is 5.78 Å². The number of rotatable bonds is 5. The third-order valence-electron chi connectivity index (χ3n) is 7.89. The summed E-state index contributed by atoms with van der Waals surface area (Å²) in [6, 6.07) is 3.97. The molecule has 10 heteroatoms. The van der Waals surface area contributed by atoms with Crippen molar-refractivity contribution in [2.24, 2.45) is 0 Å². The van der Waals surface area contributed by atoms with E-state index in [4.69, 9.17) is 9.72 Å². The zero-order valence-corrected chi connectivity index (χ0v) is 24.0. The summed E-state index contributed by atoms with van der Waals surface area (Å²) in [5, 5.41) is 3.89. The third kappa shape index (κ3) is 5.71. The molecule has 10 nitrogen and oxygen atoms in total. The monoisotopic (exact) mass is 546 g/mol. The number of hydrogen-bond acceptors (Lipinski definition) is 8. The molecule has 3 aromatic rings. The second kappa shape index (κ2) is 11.0. The highest BCUT2D eigenvalue weighted by Crippen LogP contribution is 2.32. The summed E-state index contributed by atoms with van der Waals surface area (Å²) in [6.45, 7) is 10.2. The van der Waals surface area contributed by atoms with E-state index < -0.39 is 5.60 Å². The molecule has 2 fully saturated rings. The summed E-state index contributed by atoms with van der Waals surface area (Å²) < 4.78 is 7.21. The molecule has 5 rings (SSSR count). The van der Waals surface area contributed by atoms with Gasteiger partial charge in [-0.15, -0.1) is 0 Å². The number of Topliss-reactive ketones (excluding diaryl/α,β-unsaturated/α-hetero) is 1. The summed E-state index contributed by atoms with van der Waals surface area (Å²) in [6.07, 6.45) is 8.86. The number of nitrogens with one attached hydrogen (secondary N) is 1. The van der Waals surface area contributed by atoms with Crippen LogP contribution in [0, 0.1) is 6.92 Å². The summed E-state index contributed by atoms with van der Waals surface area (Å²) in [5.41, 5.74) is 1.74. The SMILES string of the molecule is CC(=O)c1c(C)c2cnc(Nc3ccc(C4CCN(C(=O)OC(C)(C)C)CC4)cn3)nc2n(C2CCCC2)c1=O. The number of ether oxygens (including phenoxy) is 1. The molecule has 1 saturated carbocycles. The minimum Gasteiger partial charge on any atom is -0.444 e. The van der Waals surface area contributed by atoms with E-state index in [2.05, 4.69) is 15.3 Å². The average molecular weight is 547 g/mol. The first-order valence-corrected chi connectivity index (χ1v) is 14.2. The van der Waals surface area contributed by atoms with Crippen LogP contribution in [-0.4, -0.2) is 55.0 Å². The number of aryl methyl sites for hydroxylation is 1. The molecule has 4 heterocycles. The van der Waals surface area contributed by atoms with Gasteiger partial charge in [0.2, 0.25) is 5.95 Å². The number of likely N-dealkylation sites (tertiary alicyclic amines) is 1. The number of carbonyl (C=O) groups excluding carboxylic acids is 2. The summed E-state index contributed by atoms with van der Waals surface area (Å²) >= 11 is 0. The molecule has 3 aromatic heterocycles. The zero-order chi connectivity index (χ0) is 28.6. The van der Waals surface area contributed by atoms with Gasteiger partial charge in [-0.3, -0.25) is 14.2 Å². The first kappa shape index (κ1) is 27.7. The minimum atomic E-state index is -0.500. The van der Waals surface area contributed by atoms with Gasteiger partial charge < -0.3 is 15.0 Å². The molecule has 0 spiro atoms. The predicted molar refractivity (Wildman–Crippen MR) is 153 cm³/mol. The molecule has 212 valence electrons. The first-order chi connectivity index (χ1) is 19.0. The average Bonchev–Trinajstić information content (AvgIpc) is 3.42. The van der Waals surface area contributed by atoms with E-state index in [1.54, 1.807) is 22.6 Å². The molecule has 0 bridgehead atoms. The highest BCUT2D eigenvalue weighted by atomic mass is 16.6. The second-order valence-electron chi connectivity index (χ2n) is 11.9. The number of amides is 1. The van der Waals surface area contributed by atoms with Crippen molar-refractivity contribution in [2.75, 3.05) is 18.4 Å². The molecule has 0 unspecified atom stereocenters. The molecular weight excluding hydrogens is 508 g/mol. The Morgan fingerprint density at radius 3 is 2.33 bits per heavy atom. The van der Waals surface area contributed by atoms with Gasteiger partial charge in [0.25, 0.3) is 5.56 Å². The maximum absolute atomic E-state index is 13.4. The lowest BCUT2D eigenvalue weighted by atomic mass is 9.90. The Bertz CT molecular complexity index is 1480. The Morgan fingerprint density at radius 2 is 1.73 bits per heavy atom. The summed E-state index contributed by atoms with van der Waals surface area (Å²) in [4.78, 5) is 53.7. The number of carbonyl (C=O) groups is 2. The predicted octanol–water partition coefficient (Wildman–Crippen LogP) is 5.67. The van der Waals surface area contributed by atoms with Gasteiger partial charge in [0, 0.05) is 36.9 Å². The molecule has 1 aliphatic heterocycles. The maximum Gasteiger partial charge on any atom is 0.410 e. The Kier molecular flexibility index (Phi) is 7.61. The van der Waals surface area contributed by atoms with Crippen molar-refractivity contribution in [1.29, 1.82) is 0 Å². The first-order valence-electron chi connectivity index (χ1n) is 14.2. The quantitative estimate of drug-likeness (QED) is 0.407. The number of pyridine rings is 2. The Balaban J connectivity index is 1.33. The van der Waals surface area contributed by atoms with Crippen LogP contribution in [0.25, 0.3) is 11.0 Å². The molecule has 1 aliphatic carbocycles. The fourth-order valence-electron chi connectivity index (χ4n) is 5.87.